The van der Waals surface area contributed by atoms with Gasteiger partial charge in [-0.1, -0.05) is 54.6 Å². The third-order valence-electron chi connectivity index (χ3n) is 4.68. The summed E-state index contributed by atoms with van der Waals surface area (Å²) in [6, 6.07) is 23.8. The van der Waals surface area contributed by atoms with Crippen LogP contribution in [0.5, 0.6) is 5.75 Å². The van der Waals surface area contributed by atoms with E-state index in [0.717, 1.165) is 39.2 Å². The summed E-state index contributed by atoms with van der Waals surface area (Å²) in [7, 11) is 0. The van der Waals surface area contributed by atoms with E-state index in [1.165, 1.54) is 0 Å². The maximum absolute atomic E-state index is 9.46. The second-order valence-electron chi connectivity index (χ2n) is 6.31. The van der Waals surface area contributed by atoms with Gasteiger partial charge >= 0.3 is 0 Å². The number of aromatic hydroxyl groups is 1. The van der Waals surface area contributed by atoms with Crippen molar-refractivity contribution in [3.05, 3.63) is 78.9 Å². The fraction of sp³-hybridized carbons (Fsp3) is 0.0870. The highest BCUT2D eigenvalue weighted by Crippen LogP contribution is 2.30. The van der Waals surface area contributed by atoms with Crippen molar-refractivity contribution in [2.75, 3.05) is 0 Å². The Morgan fingerprint density at radius 1 is 0.846 bits per heavy atom. The zero-order valence-electron chi connectivity index (χ0n) is 14.8. The lowest BCUT2D eigenvalue weighted by atomic mass is 10.0. The Hall–Kier alpha value is -3.33. The number of hydrogen-bond acceptors (Lipinski definition) is 2. The van der Waals surface area contributed by atoms with Crippen LogP contribution in [0.2, 0.25) is 0 Å². The molecule has 0 amide bonds. The van der Waals surface area contributed by atoms with Crippen LogP contribution < -0.4 is 0 Å². The molecule has 1 heterocycles. The average Bonchev–Trinajstić information content (AvgIpc) is 3.08. The quantitative estimate of drug-likeness (QED) is 0.500. The maximum Gasteiger partial charge on any atom is 0.145 e. The molecule has 0 fully saturated rings. The van der Waals surface area contributed by atoms with E-state index in [9.17, 15) is 5.11 Å². The molecule has 0 aliphatic rings. The molecular weight excluding hydrogens is 320 g/mol. The monoisotopic (exact) mass is 340 g/mol. The zero-order chi connectivity index (χ0) is 18.1. The topological polar surface area (TPSA) is 38.0 Å². The van der Waals surface area contributed by atoms with Gasteiger partial charge in [-0.25, -0.2) is 4.98 Å². The highest BCUT2D eigenvalue weighted by atomic mass is 16.3. The summed E-state index contributed by atoms with van der Waals surface area (Å²) in [5, 5.41) is 9.46. The van der Waals surface area contributed by atoms with E-state index < -0.39 is 0 Å². The summed E-state index contributed by atoms with van der Waals surface area (Å²) >= 11 is 0. The number of nitrogens with zero attached hydrogens (tertiary/aromatic N) is 2. The van der Waals surface area contributed by atoms with Gasteiger partial charge in [-0.15, -0.1) is 0 Å². The van der Waals surface area contributed by atoms with Crippen molar-refractivity contribution in [1.82, 2.24) is 9.55 Å². The summed E-state index contributed by atoms with van der Waals surface area (Å²) in [6.45, 7) is 4.14. The first-order chi connectivity index (χ1) is 12.7. The van der Waals surface area contributed by atoms with Gasteiger partial charge in [0, 0.05) is 11.3 Å². The Balaban J connectivity index is 1.82. The lowest BCUT2D eigenvalue weighted by molar-refractivity contribution is 0.475. The number of aromatic nitrogens is 2. The number of benzene rings is 3. The van der Waals surface area contributed by atoms with Crippen LogP contribution in [-0.4, -0.2) is 14.7 Å². The van der Waals surface area contributed by atoms with Crippen molar-refractivity contribution in [2.45, 2.75) is 13.8 Å². The SMILES string of the molecule is C/C=C(\C)n1c(-c2ccc(-c3ccc(O)cc3)cc2)nc2ccccc21. The molecule has 0 aliphatic carbocycles. The first-order valence-electron chi connectivity index (χ1n) is 8.68. The highest BCUT2D eigenvalue weighted by molar-refractivity contribution is 5.85. The largest absolute Gasteiger partial charge is 0.508 e. The van der Waals surface area contributed by atoms with Gasteiger partial charge in [0.15, 0.2) is 0 Å². The minimum atomic E-state index is 0.279. The molecule has 1 aromatic heterocycles. The van der Waals surface area contributed by atoms with Crippen molar-refractivity contribution in [3.63, 3.8) is 0 Å². The second-order valence-corrected chi connectivity index (χ2v) is 6.31. The Kier molecular flexibility index (Phi) is 4.05. The molecule has 3 nitrogen and oxygen atoms in total. The third kappa shape index (κ3) is 2.78. The average molecular weight is 340 g/mol. The van der Waals surface area contributed by atoms with Crippen molar-refractivity contribution < 1.29 is 5.11 Å². The first kappa shape index (κ1) is 16.2. The summed E-state index contributed by atoms with van der Waals surface area (Å²) in [6.07, 6.45) is 2.10. The predicted octanol–water partition coefficient (Wildman–Crippen LogP) is 5.96. The smallest absolute Gasteiger partial charge is 0.145 e. The number of para-hydroxylation sites is 2. The minimum Gasteiger partial charge on any atom is -0.508 e. The van der Waals surface area contributed by atoms with Gasteiger partial charge in [0.25, 0.3) is 0 Å². The third-order valence-corrected chi connectivity index (χ3v) is 4.68. The van der Waals surface area contributed by atoms with Crippen LogP contribution in [0.3, 0.4) is 0 Å². The molecule has 0 unspecified atom stereocenters. The van der Waals surface area contributed by atoms with Crippen LogP contribution in [0.4, 0.5) is 0 Å². The standard InChI is InChI=1S/C23H20N2O/c1-3-16(2)25-22-7-5-4-6-21(22)24-23(25)19-10-8-17(9-11-19)18-12-14-20(26)15-13-18/h3-15,26H,1-2H3/b16-3+. The molecule has 4 aromatic rings. The normalized spacial score (nSPS) is 11.8. The van der Waals surface area contributed by atoms with E-state index in [0.29, 0.717) is 0 Å². The van der Waals surface area contributed by atoms with E-state index in [-0.39, 0.29) is 5.75 Å². The number of allylic oxidation sites excluding steroid dienone is 2. The van der Waals surface area contributed by atoms with Crippen LogP contribution in [0.1, 0.15) is 13.8 Å². The molecule has 128 valence electrons. The first-order valence-corrected chi connectivity index (χ1v) is 8.68. The minimum absolute atomic E-state index is 0.279. The van der Waals surface area contributed by atoms with E-state index >= 15 is 0 Å². The molecule has 3 aromatic carbocycles. The highest BCUT2D eigenvalue weighted by Gasteiger charge is 2.13. The van der Waals surface area contributed by atoms with Gasteiger partial charge in [0.05, 0.1) is 11.0 Å². The molecule has 0 saturated heterocycles. The lowest BCUT2D eigenvalue weighted by Gasteiger charge is -2.10. The molecule has 0 saturated carbocycles. The molecule has 3 heteroatoms. The summed E-state index contributed by atoms with van der Waals surface area (Å²) in [4.78, 5) is 4.86. The van der Waals surface area contributed by atoms with Crippen LogP contribution in [-0.2, 0) is 0 Å². The molecular formula is C23H20N2O. The molecule has 1 N–H and O–H groups in total. The van der Waals surface area contributed by atoms with Crippen molar-refractivity contribution in [1.29, 1.82) is 0 Å². The molecule has 0 aliphatic heterocycles. The van der Waals surface area contributed by atoms with Gasteiger partial charge < -0.3 is 5.11 Å². The molecule has 0 atom stereocenters. The Morgan fingerprint density at radius 3 is 2.08 bits per heavy atom. The van der Waals surface area contributed by atoms with Gasteiger partial charge in [0.2, 0.25) is 0 Å². The summed E-state index contributed by atoms with van der Waals surface area (Å²) in [5.41, 5.74) is 6.51. The second kappa shape index (κ2) is 6.52. The fourth-order valence-corrected chi connectivity index (χ4v) is 3.17. The number of hydrogen-bond donors (Lipinski definition) is 1. The van der Waals surface area contributed by atoms with Crippen LogP contribution >= 0.6 is 0 Å². The summed E-state index contributed by atoms with van der Waals surface area (Å²) in [5.74, 6) is 1.22. The van der Waals surface area contributed by atoms with Gasteiger partial charge in [-0.05, 0) is 49.2 Å². The Labute approximate surface area is 152 Å². The predicted molar refractivity (Wildman–Crippen MR) is 108 cm³/mol. The fourth-order valence-electron chi connectivity index (χ4n) is 3.17. The zero-order valence-corrected chi connectivity index (χ0v) is 14.8. The van der Waals surface area contributed by atoms with Crippen LogP contribution in [0.15, 0.2) is 78.9 Å². The van der Waals surface area contributed by atoms with E-state index in [4.69, 9.17) is 4.98 Å². The van der Waals surface area contributed by atoms with E-state index in [1.54, 1.807) is 12.1 Å². The molecule has 26 heavy (non-hydrogen) atoms. The number of rotatable bonds is 3. The van der Waals surface area contributed by atoms with Crippen molar-refractivity contribution in [2.24, 2.45) is 0 Å². The number of phenolic OH excluding ortho intramolecular Hbond substituents is 1. The number of phenols is 1. The number of fused-ring (bicyclic) bond motifs is 1. The van der Waals surface area contributed by atoms with Gasteiger partial charge in [0.1, 0.15) is 11.6 Å². The Bertz CT molecular complexity index is 1090. The van der Waals surface area contributed by atoms with E-state index in [2.05, 4.69) is 47.9 Å². The summed E-state index contributed by atoms with van der Waals surface area (Å²) < 4.78 is 2.20. The van der Waals surface area contributed by atoms with Crippen LogP contribution in [0, 0.1) is 0 Å². The Morgan fingerprint density at radius 2 is 1.42 bits per heavy atom. The van der Waals surface area contributed by atoms with Crippen molar-refractivity contribution in [3.8, 4) is 28.3 Å². The molecule has 0 radical (unpaired) electrons. The van der Waals surface area contributed by atoms with E-state index in [1.807, 2.05) is 37.3 Å². The molecule has 4 rings (SSSR count). The van der Waals surface area contributed by atoms with Crippen molar-refractivity contribution >= 4 is 16.7 Å². The molecule has 0 bridgehead atoms. The lowest BCUT2D eigenvalue weighted by Crippen LogP contribution is -1.97. The number of imidazole rings is 1. The van der Waals surface area contributed by atoms with Gasteiger partial charge in [-0.2, -0.15) is 0 Å². The molecule has 0 spiro atoms. The maximum atomic E-state index is 9.46. The van der Waals surface area contributed by atoms with Gasteiger partial charge in [-0.3, -0.25) is 4.57 Å². The van der Waals surface area contributed by atoms with Crippen LogP contribution in [0.25, 0.3) is 39.2 Å².